The molecule has 0 aliphatic heterocycles. The molecule has 0 saturated heterocycles. The molecule has 0 saturated carbocycles. The molecule has 1 aromatic carbocycles. The van der Waals surface area contributed by atoms with Gasteiger partial charge in [0, 0.05) is 5.69 Å². The van der Waals surface area contributed by atoms with Crippen molar-refractivity contribution in [3.05, 3.63) is 57.0 Å². The lowest BCUT2D eigenvalue weighted by molar-refractivity contribution is -0.152. The Morgan fingerprint density at radius 1 is 1.23 bits per heavy atom. The number of carbonyl (C=O) groups is 2. The van der Waals surface area contributed by atoms with Gasteiger partial charge in [0.2, 0.25) is 0 Å². The largest absolute Gasteiger partial charge is 0.461 e. The molecule has 0 fully saturated rings. The Morgan fingerprint density at radius 3 is 2.60 bits per heavy atom. The number of anilines is 1. The average molecular weight is 428 g/mol. The van der Waals surface area contributed by atoms with E-state index in [0.717, 1.165) is 16.9 Å². The molecule has 3 rings (SSSR count). The van der Waals surface area contributed by atoms with Gasteiger partial charge in [-0.25, -0.2) is 9.78 Å². The van der Waals surface area contributed by atoms with Crippen LogP contribution in [0.1, 0.15) is 54.0 Å². The maximum Gasteiger partial charge on any atom is 0.329 e. The van der Waals surface area contributed by atoms with Crippen molar-refractivity contribution >= 4 is 39.1 Å². The third-order valence-corrected chi connectivity index (χ3v) is 6.32. The van der Waals surface area contributed by atoms with E-state index in [2.05, 4.69) is 10.3 Å². The van der Waals surface area contributed by atoms with Gasteiger partial charge < -0.3 is 10.1 Å². The molecule has 0 aliphatic carbocycles. The number of para-hydroxylation sites is 1. The minimum Gasteiger partial charge on any atom is -0.461 e. The number of amides is 1. The molecule has 3 aromatic rings. The van der Waals surface area contributed by atoms with E-state index in [1.54, 1.807) is 20.8 Å². The van der Waals surface area contributed by atoms with Gasteiger partial charge >= 0.3 is 5.97 Å². The van der Waals surface area contributed by atoms with Gasteiger partial charge in [-0.05, 0) is 51.3 Å². The Kier molecular flexibility index (Phi) is 6.36. The molecule has 1 amide bonds. The molecule has 158 valence electrons. The van der Waals surface area contributed by atoms with Crippen molar-refractivity contribution in [2.24, 2.45) is 0 Å². The molecule has 0 radical (unpaired) electrons. The van der Waals surface area contributed by atoms with E-state index in [0.29, 0.717) is 32.8 Å². The minimum atomic E-state index is -0.813. The molecule has 8 heteroatoms. The number of fused-ring (bicyclic) bond motifs is 1. The molecule has 0 unspecified atom stereocenters. The number of thiophene rings is 1. The first-order valence-corrected chi connectivity index (χ1v) is 10.6. The van der Waals surface area contributed by atoms with Crippen LogP contribution in [0.4, 0.5) is 5.69 Å². The van der Waals surface area contributed by atoms with Crippen molar-refractivity contribution in [2.75, 3.05) is 5.32 Å². The quantitative estimate of drug-likeness (QED) is 0.595. The highest BCUT2D eigenvalue weighted by atomic mass is 32.1. The molecular weight excluding hydrogens is 402 g/mol. The van der Waals surface area contributed by atoms with Gasteiger partial charge in [0.25, 0.3) is 11.5 Å². The van der Waals surface area contributed by atoms with E-state index >= 15 is 0 Å². The normalized spacial score (nSPS) is 13.1. The number of hydrogen-bond donors (Lipinski definition) is 1. The van der Waals surface area contributed by atoms with Gasteiger partial charge in [0.05, 0.1) is 22.7 Å². The van der Waals surface area contributed by atoms with Crippen LogP contribution in [0, 0.1) is 13.8 Å². The maximum atomic E-state index is 13.1. The molecule has 30 heavy (non-hydrogen) atoms. The molecule has 7 nitrogen and oxygen atoms in total. The van der Waals surface area contributed by atoms with Crippen molar-refractivity contribution in [3.63, 3.8) is 0 Å². The summed E-state index contributed by atoms with van der Waals surface area (Å²) in [7, 11) is 0. The van der Waals surface area contributed by atoms with Gasteiger partial charge in [-0.2, -0.15) is 0 Å². The van der Waals surface area contributed by atoms with Gasteiger partial charge in [-0.15, -0.1) is 11.3 Å². The lowest BCUT2D eigenvalue weighted by atomic mass is 10.1. The number of esters is 1. The lowest BCUT2D eigenvalue weighted by Crippen LogP contribution is -2.31. The number of nitrogens with zero attached hydrogens (tertiary/aromatic N) is 2. The van der Waals surface area contributed by atoms with Crippen molar-refractivity contribution in [2.45, 2.75) is 53.2 Å². The third kappa shape index (κ3) is 4.14. The second-order valence-corrected chi connectivity index (χ2v) is 8.29. The van der Waals surface area contributed by atoms with Crippen molar-refractivity contribution in [3.8, 4) is 0 Å². The van der Waals surface area contributed by atoms with Crippen molar-refractivity contribution in [1.82, 2.24) is 9.55 Å². The Bertz CT molecular complexity index is 1160. The fourth-order valence-electron chi connectivity index (χ4n) is 3.02. The number of aromatic nitrogens is 2. The topological polar surface area (TPSA) is 90.3 Å². The molecule has 0 aliphatic rings. The highest BCUT2D eigenvalue weighted by molar-refractivity contribution is 7.20. The van der Waals surface area contributed by atoms with E-state index in [1.807, 2.05) is 38.1 Å². The maximum absolute atomic E-state index is 13.1. The predicted octanol–water partition coefficient (Wildman–Crippen LogP) is 4.23. The van der Waals surface area contributed by atoms with E-state index in [-0.39, 0.29) is 17.6 Å². The number of rotatable bonds is 6. The molecule has 0 spiro atoms. The smallest absolute Gasteiger partial charge is 0.329 e. The standard InChI is InChI=1S/C22H25N3O4S/c1-6-13(3)29-22(28)15(5)25-11-23-20-17(21(25)27)14(4)18(30-20)19(26)24-16-10-8-7-9-12(16)2/h7-11,13,15H,6H2,1-5H3,(H,24,26)/t13-,15-/m0/s1. The van der Waals surface area contributed by atoms with E-state index < -0.39 is 12.0 Å². The Hall–Kier alpha value is -3.00. The summed E-state index contributed by atoms with van der Waals surface area (Å²) in [5, 5.41) is 3.24. The Labute approximate surface area is 178 Å². The van der Waals surface area contributed by atoms with E-state index in [4.69, 9.17) is 4.74 Å². The summed E-state index contributed by atoms with van der Waals surface area (Å²) >= 11 is 1.16. The highest BCUT2D eigenvalue weighted by Gasteiger charge is 2.24. The van der Waals surface area contributed by atoms with Crippen LogP contribution >= 0.6 is 11.3 Å². The number of ether oxygens (including phenoxy) is 1. The van der Waals surface area contributed by atoms with Crippen LogP contribution in [0.5, 0.6) is 0 Å². The van der Waals surface area contributed by atoms with Crippen LogP contribution in [0.15, 0.2) is 35.4 Å². The Morgan fingerprint density at radius 2 is 1.93 bits per heavy atom. The zero-order chi connectivity index (χ0) is 22.0. The first-order valence-electron chi connectivity index (χ1n) is 9.82. The monoisotopic (exact) mass is 427 g/mol. The summed E-state index contributed by atoms with van der Waals surface area (Å²) in [6.07, 6.45) is 1.80. The van der Waals surface area contributed by atoms with Gasteiger partial charge in [-0.1, -0.05) is 25.1 Å². The summed E-state index contributed by atoms with van der Waals surface area (Å²) < 4.78 is 6.61. The molecule has 2 atom stereocenters. The zero-order valence-electron chi connectivity index (χ0n) is 17.7. The fourth-order valence-corrected chi connectivity index (χ4v) is 4.05. The fraction of sp³-hybridized carbons (Fsp3) is 0.364. The number of benzene rings is 1. The van der Waals surface area contributed by atoms with Crippen LogP contribution in [0.3, 0.4) is 0 Å². The minimum absolute atomic E-state index is 0.230. The average Bonchev–Trinajstić information content (AvgIpc) is 3.06. The van der Waals surface area contributed by atoms with Crippen LogP contribution in [-0.4, -0.2) is 27.5 Å². The van der Waals surface area contributed by atoms with Gasteiger partial charge in [0.15, 0.2) is 0 Å². The van der Waals surface area contributed by atoms with Crippen LogP contribution in [0.2, 0.25) is 0 Å². The third-order valence-electron chi connectivity index (χ3n) is 5.13. The zero-order valence-corrected chi connectivity index (χ0v) is 18.5. The molecular formula is C22H25N3O4S. The first kappa shape index (κ1) is 21.7. The summed E-state index contributed by atoms with van der Waals surface area (Å²) in [5.74, 6) is -0.780. The predicted molar refractivity (Wildman–Crippen MR) is 118 cm³/mol. The second-order valence-electron chi connectivity index (χ2n) is 7.29. The number of hydrogen-bond acceptors (Lipinski definition) is 6. The summed E-state index contributed by atoms with van der Waals surface area (Å²) in [4.78, 5) is 43.5. The number of nitrogens with one attached hydrogen (secondary N) is 1. The van der Waals surface area contributed by atoms with Gasteiger partial charge in [-0.3, -0.25) is 14.2 Å². The highest BCUT2D eigenvalue weighted by Crippen LogP contribution is 2.28. The van der Waals surface area contributed by atoms with E-state index in [1.165, 1.54) is 10.9 Å². The Balaban J connectivity index is 1.96. The molecule has 2 aromatic heterocycles. The molecule has 1 N–H and O–H groups in total. The summed E-state index contributed by atoms with van der Waals surface area (Å²) in [6.45, 7) is 8.96. The number of aryl methyl sites for hydroxylation is 2. The van der Waals surface area contributed by atoms with Gasteiger partial charge in [0.1, 0.15) is 10.9 Å². The summed E-state index contributed by atoms with van der Waals surface area (Å²) in [5.41, 5.74) is 1.84. The van der Waals surface area contributed by atoms with Crippen LogP contribution < -0.4 is 10.9 Å². The van der Waals surface area contributed by atoms with Crippen LogP contribution in [0.25, 0.3) is 10.2 Å². The van der Waals surface area contributed by atoms with Crippen molar-refractivity contribution in [1.29, 1.82) is 0 Å². The summed E-state index contributed by atoms with van der Waals surface area (Å²) in [6, 6.07) is 6.67. The lowest BCUT2D eigenvalue weighted by Gasteiger charge is -2.17. The molecule has 0 bridgehead atoms. The van der Waals surface area contributed by atoms with Crippen molar-refractivity contribution < 1.29 is 14.3 Å². The van der Waals surface area contributed by atoms with Crippen LogP contribution in [-0.2, 0) is 9.53 Å². The second kappa shape index (κ2) is 8.79. The first-order chi connectivity index (χ1) is 14.2. The SMILES string of the molecule is CC[C@H](C)OC(=O)[C@H](C)n1cnc2sc(C(=O)Nc3ccccc3C)c(C)c2c1=O. The molecule has 2 heterocycles. The van der Waals surface area contributed by atoms with E-state index in [9.17, 15) is 14.4 Å². The number of carbonyl (C=O) groups excluding carboxylic acids is 2.